The summed E-state index contributed by atoms with van der Waals surface area (Å²) in [5, 5.41) is 11.5. The van der Waals surface area contributed by atoms with Crippen LogP contribution in [-0.2, 0) is 4.74 Å². The highest BCUT2D eigenvalue weighted by Crippen LogP contribution is 2.27. The van der Waals surface area contributed by atoms with Gasteiger partial charge < -0.3 is 9.47 Å². The van der Waals surface area contributed by atoms with E-state index < -0.39 is 4.92 Å². The Morgan fingerprint density at radius 2 is 2.11 bits per heavy atom. The largest absolute Gasteiger partial charge is 0.475 e. The molecular formula is C12H12N2O4. The number of rotatable bonds is 5. The average molecular weight is 248 g/mol. The summed E-state index contributed by atoms with van der Waals surface area (Å²) in [6.07, 6.45) is 0. The molecule has 1 aromatic carbocycles. The molecule has 0 atom stereocenters. The zero-order valence-electron chi connectivity index (χ0n) is 9.83. The quantitative estimate of drug-likeness (QED) is 0.460. The number of nitro groups is 1. The van der Waals surface area contributed by atoms with Crippen molar-refractivity contribution in [3.05, 3.63) is 40.4 Å². The van der Waals surface area contributed by atoms with Gasteiger partial charge in [-0.1, -0.05) is 12.1 Å². The van der Waals surface area contributed by atoms with Crippen LogP contribution in [0.5, 0.6) is 5.88 Å². The summed E-state index contributed by atoms with van der Waals surface area (Å²) in [5.41, 5.74) is 0.534. The van der Waals surface area contributed by atoms with Crippen molar-refractivity contribution in [2.45, 2.75) is 0 Å². The lowest BCUT2D eigenvalue weighted by Crippen LogP contribution is -2.06. The summed E-state index contributed by atoms with van der Waals surface area (Å²) in [7, 11) is 1.56. The summed E-state index contributed by atoms with van der Waals surface area (Å²) in [6.45, 7) is 0.710. The molecule has 0 bridgehead atoms. The predicted octanol–water partition coefficient (Wildman–Crippen LogP) is 2.17. The van der Waals surface area contributed by atoms with E-state index in [1.165, 1.54) is 6.07 Å². The monoisotopic (exact) mass is 248 g/mol. The summed E-state index contributed by atoms with van der Waals surface area (Å²) in [5.74, 6) is 0.234. The van der Waals surface area contributed by atoms with Crippen LogP contribution in [0.4, 0.5) is 5.69 Å². The second kappa shape index (κ2) is 5.42. The number of aromatic nitrogens is 1. The number of hydrogen-bond acceptors (Lipinski definition) is 5. The van der Waals surface area contributed by atoms with Gasteiger partial charge in [0.15, 0.2) is 0 Å². The molecule has 1 heterocycles. The highest BCUT2D eigenvalue weighted by atomic mass is 16.6. The lowest BCUT2D eigenvalue weighted by molar-refractivity contribution is -0.383. The van der Waals surface area contributed by atoms with Crippen LogP contribution in [0.3, 0.4) is 0 Å². The molecule has 2 rings (SSSR count). The van der Waals surface area contributed by atoms with Crippen molar-refractivity contribution < 1.29 is 14.4 Å². The van der Waals surface area contributed by atoms with Gasteiger partial charge in [0.1, 0.15) is 6.61 Å². The number of benzene rings is 1. The normalized spacial score (nSPS) is 10.5. The maximum Gasteiger partial charge on any atom is 0.284 e. The van der Waals surface area contributed by atoms with Crippen LogP contribution in [0, 0.1) is 10.1 Å². The molecule has 0 saturated carbocycles. The Bertz CT molecular complexity index is 571. The van der Waals surface area contributed by atoms with Crippen LogP contribution in [0.2, 0.25) is 0 Å². The molecule has 6 heteroatoms. The van der Waals surface area contributed by atoms with Gasteiger partial charge in [0, 0.05) is 7.11 Å². The van der Waals surface area contributed by atoms with Gasteiger partial charge in [-0.05, 0) is 12.1 Å². The molecule has 0 aliphatic carbocycles. The van der Waals surface area contributed by atoms with E-state index in [4.69, 9.17) is 9.47 Å². The third kappa shape index (κ3) is 2.54. The van der Waals surface area contributed by atoms with Crippen molar-refractivity contribution in [3.8, 4) is 5.88 Å². The maximum atomic E-state index is 11.0. The van der Waals surface area contributed by atoms with Gasteiger partial charge >= 0.3 is 0 Å². The zero-order chi connectivity index (χ0) is 13.0. The fourth-order valence-corrected chi connectivity index (χ4v) is 1.59. The smallest absolute Gasteiger partial charge is 0.284 e. The Kier molecular flexibility index (Phi) is 3.69. The molecule has 0 aliphatic rings. The van der Waals surface area contributed by atoms with Crippen molar-refractivity contribution in [2.24, 2.45) is 0 Å². The Morgan fingerprint density at radius 1 is 1.33 bits per heavy atom. The molecule has 0 aliphatic heterocycles. The molecule has 94 valence electrons. The molecule has 0 spiro atoms. The van der Waals surface area contributed by atoms with Gasteiger partial charge in [0.2, 0.25) is 5.88 Å². The molecular weight excluding hydrogens is 236 g/mol. The van der Waals surface area contributed by atoms with Crippen molar-refractivity contribution in [3.63, 3.8) is 0 Å². The number of nitrogens with zero attached hydrogens (tertiary/aromatic N) is 2. The summed E-state index contributed by atoms with van der Waals surface area (Å²) in [4.78, 5) is 14.8. The lowest BCUT2D eigenvalue weighted by atomic mass is 10.2. The predicted molar refractivity (Wildman–Crippen MR) is 65.8 cm³/mol. The van der Waals surface area contributed by atoms with Crippen molar-refractivity contribution in [1.82, 2.24) is 4.98 Å². The Morgan fingerprint density at radius 3 is 2.83 bits per heavy atom. The zero-order valence-corrected chi connectivity index (χ0v) is 9.83. The molecule has 6 nitrogen and oxygen atoms in total. The summed E-state index contributed by atoms with van der Waals surface area (Å²) >= 11 is 0. The third-order valence-electron chi connectivity index (χ3n) is 2.40. The van der Waals surface area contributed by atoms with Crippen molar-refractivity contribution in [1.29, 1.82) is 0 Å². The van der Waals surface area contributed by atoms with E-state index in [9.17, 15) is 10.1 Å². The number of methoxy groups -OCH3 is 1. The van der Waals surface area contributed by atoms with E-state index in [2.05, 4.69) is 4.98 Å². The second-order valence-electron chi connectivity index (χ2n) is 3.60. The minimum absolute atomic E-state index is 0.00647. The molecule has 0 radical (unpaired) electrons. The van der Waals surface area contributed by atoms with Gasteiger partial charge in [-0.25, -0.2) is 4.98 Å². The number of fused-ring (bicyclic) bond motifs is 1. The standard InChI is InChI=1S/C12H12N2O4/c1-17-6-7-18-12-8-11(14(15)16)9-4-2-3-5-10(9)13-12/h2-5,8H,6-7H2,1H3. The molecule has 0 amide bonds. The molecule has 18 heavy (non-hydrogen) atoms. The van der Waals surface area contributed by atoms with Crippen LogP contribution in [0.25, 0.3) is 10.9 Å². The van der Waals surface area contributed by atoms with Crippen LogP contribution in [-0.4, -0.2) is 30.2 Å². The van der Waals surface area contributed by atoms with E-state index in [0.29, 0.717) is 24.1 Å². The maximum absolute atomic E-state index is 11.0. The first-order valence-corrected chi connectivity index (χ1v) is 5.38. The first-order chi connectivity index (χ1) is 8.72. The number of hydrogen-bond donors (Lipinski definition) is 0. The van der Waals surface area contributed by atoms with Gasteiger partial charge in [0.25, 0.3) is 5.69 Å². The Labute approximate surface area is 103 Å². The number of ether oxygens (including phenoxy) is 2. The highest BCUT2D eigenvalue weighted by molar-refractivity contribution is 5.88. The fraction of sp³-hybridized carbons (Fsp3) is 0.250. The van der Waals surface area contributed by atoms with Crippen molar-refractivity contribution >= 4 is 16.6 Å². The minimum atomic E-state index is -0.437. The number of pyridine rings is 1. The van der Waals surface area contributed by atoms with Crippen molar-refractivity contribution in [2.75, 3.05) is 20.3 Å². The first-order valence-electron chi connectivity index (χ1n) is 5.38. The molecule has 0 saturated heterocycles. The van der Waals surface area contributed by atoms with Crippen LogP contribution >= 0.6 is 0 Å². The second-order valence-corrected chi connectivity index (χ2v) is 3.60. The van der Waals surface area contributed by atoms with Gasteiger partial charge in [-0.15, -0.1) is 0 Å². The SMILES string of the molecule is COCCOc1cc([N+](=O)[O-])c2ccccc2n1. The first kappa shape index (κ1) is 12.3. The van der Waals surface area contributed by atoms with E-state index in [1.54, 1.807) is 31.4 Å². The van der Waals surface area contributed by atoms with Crippen LogP contribution in [0.1, 0.15) is 0 Å². The minimum Gasteiger partial charge on any atom is -0.475 e. The van der Waals surface area contributed by atoms with E-state index in [1.807, 2.05) is 0 Å². The Hall–Kier alpha value is -2.21. The van der Waals surface area contributed by atoms with Gasteiger partial charge in [0.05, 0.1) is 28.5 Å². The molecule has 2 aromatic rings. The van der Waals surface area contributed by atoms with Crippen LogP contribution in [0.15, 0.2) is 30.3 Å². The number of para-hydroxylation sites is 1. The molecule has 0 N–H and O–H groups in total. The highest BCUT2D eigenvalue weighted by Gasteiger charge is 2.15. The van der Waals surface area contributed by atoms with Gasteiger partial charge in [-0.2, -0.15) is 0 Å². The van der Waals surface area contributed by atoms with Gasteiger partial charge in [-0.3, -0.25) is 10.1 Å². The molecule has 1 aromatic heterocycles. The topological polar surface area (TPSA) is 74.5 Å². The van der Waals surface area contributed by atoms with Crippen LogP contribution < -0.4 is 4.74 Å². The van der Waals surface area contributed by atoms with E-state index in [0.717, 1.165) is 0 Å². The molecule has 0 fully saturated rings. The Balaban J connectivity index is 2.41. The van der Waals surface area contributed by atoms with E-state index >= 15 is 0 Å². The summed E-state index contributed by atoms with van der Waals surface area (Å²) < 4.78 is 10.1. The van der Waals surface area contributed by atoms with E-state index in [-0.39, 0.29) is 11.6 Å². The average Bonchev–Trinajstić information content (AvgIpc) is 2.38. The third-order valence-corrected chi connectivity index (χ3v) is 2.40. The fourth-order valence-electron chi connectivity index (χ4n) is 1.59. The molecule has 0 unspecified atom stereocenters. The summed E-state index contributed by atoms with van der Waals surface area (Å²) in [6, 6.07) is 8.23. The lowest BCUT2D eigenvalue weighted by Gasteiger charge is -2.06.